The second-order valence-electron chi connectivity index (χ2n) is 3.08. The Balaban J connectivity index is 2.89. The average molecular weight is 248 g/mol. The first kappa shape index (κ1) is 12.1. The van der Waals surface area contributed by atoms with Crippen molar-refractivity contribution in [1.29, 1.82) is 0 Å². The quantitative estimate of drug-likeness (QED) is 0.805. The van der Waals surface area contributed by atoms with Gasteiger partial charge in [0.25, 0.3) is 0 Å². The van der Waals surface area contributed by atoms with Gasteiger partial charge in [-0.1, -0.05) is 30.1 Å². The number of benzene rings is 1. The smallest absolute Gasteiger partial charge is 0.224 e. The van der Waals surface area contributed by atoms with Crippen molar-refractivity contribution in [3.8, 4) is 5.75 Å². The maximum atomic E-state index is 11.3. The van der Waals surface area contributed by atoms with Crippen LogP contribution in [0.2, 0.25) is 10.0 Å². The fourth-order valence-corrected chi connectivity index (χ4v) is 1.59. The van der Waals surface area contributed by atoms with Gasteiger partial charge in [0.05, 0.1) is 10.7 Å². The minimum atomic E-state index is -0.175. The largest absolute Gasteiger partial charge is 0.504 e. The second kappa shape index (κ2) is 5.24. The summed E-state index contributed by atoms with van der Waals surface area (Å²) in [6.45, 7) is 1.89. The number of phenols is 1. The average Bonchev–Trinajstić information content (AvgIpc) is 2.13. The minimum Gasteiger partial charge on any atom is -0.504 e. The third-order valence-corrected chi connectivity index (χ3v) is 2.29. The lowest BCUT2D eigenvalue weighted by molar-refractivity contribution is -0.116. The fourth-order valence-electron chi connectivity index (χ4n) is 1.10. The van der Waals surface area contributed by atoms with Crippen LogP contribution in [-0.4, -0.2) is 11.0 Å². The Morgan fingerprint density at radius 2 is 2.13 bits per heavy atom. The van der Waals surface area contributed by atoms with Crippen LogP contribution in [0.1, 0.15) is 19.8 Å². The molecule has 0 aliphatic rings. The highest BCUT2D eigenvalue weighted by atomic mass is 35.5. The first-order valence-electron chi connectivity index (χ1n) is 4.52. The number of aromatic hydroxyl groups is 1. The molecule has 1 rings (SSSR count). The van der Waals surface area contributed by atoms with Crippen molar-refractivity contribution in [1.82, 2.24) is 0 Å². The van der Waals surface area contributed by atoms with Gasteiger partial charge in [0.15, 0.2) is 5.75 Å². The minimum absolute atomic E-state index is 0.120. The molecule has 2 N–H and O–H groups in total. The van der Waals surface area contributed by atoms with Gasteiger partial charge in [0.1, 0.15) is 0 Å². The second-order valence-corrected chi connectivity index (χ2v) is 3.93. The van der Waals surface area contributed by atoms with E-state index in [9.17, 15) is 9.90 Å². The summed E-state index contributed by atoms with van der Waals surface area (Å²) >= 11 is 11.4. The first-order chi connectivity index (χ1) is 7.04. The third-order valence-electron chi connectivity index (χ3n) is 1.78. The van der Waals surface area contributed by atoms with E-state index in [0.717, 1.165) is 6.42 Å². The van der Waals surface area contributed by atoms with E-state index in [1.807, 2.05) is 6.92 Å². The Morgan fingerprint density at radius 3 is 2.73 bits per heavy atom. The number of halogens is 2. The molecule has 0 aliphatic carbocycles. The summed E-state index contributed by atoms with van der Waals surface area (Å²) in [5.74, 6) is -0.336. The maximum absolute atomic E-state index is 11.3. The molecule has 0 heterocycles. The fraction of sp³-hybridized carbons (Fsp3) is 0.300. The Morgan fingerprint density at radius 1 is 1.47 bits per heavy atom. The Bertz CT molecular complexity index is 380. The van der Waals surface area contributed by atoms with Crippen molar-refractivity contribution in [3.05, 3.63) is 22.2 Å². The summed E-state index contributed by atoms with van der Waals surface area (Å²) in [4.78, 5) is 11.3. The number of hydrogen-bond acceptors (Lipinski definition) is 2. The third kappa shape index (κ3) is 3.29. The Kier molecular flexibility index (Phi) is 4.24. The van der Waals surface area contributed by atoms with Crippen LogP contribution < -0.4 is 5.32 Å². The van der Waals surface area contributed by atoms with Gasteiger partial charge in [0.2, 0.25) is 5.91 Å². The van der Waals surface area contributed by atoms with Crippen LogP contribution in [0.5, 0.6) is 5.75 Å². The standard InChI is InChI=1S/C10H11Cl2NO2/c1-2-3-9(14)13-8-5-6(11)4-7(12)10(8)15/h4-5,15H,2-3H2,1H3,(H,13,14). The summed E-state index contributed by atoms with van der Waals surface area (Å²) in [6, 6.07) is 2.87. The van der Waals surface area contributed by atoms with Crippen molar-refractivity contribution in [2.75, 3.05) is 5.32 Å². The number of carbonyl (C=O) groups is 1. The van der Waals surface area contributed by atoms with E-state index in [4.69, 9.17) is 23.2 Å². The predicted octanol–water partition coefficient (Wildman–Crippen LogP) is 3.44. The summed E-state index contributed by atoms with van der Waals surface area (Å²) in [6.07, 6.45) is 1.13. The molecule has 0 aliphatic heterocycles. The normalized spacial score (nSPS) is 10.1. The topological polar surface area (TPSA) is 49.3 Å². The molecule has 82 valence electrons. The molecule has 0 unspecified atom stereocenters. The molecule has 1 aromatic rings. The molecule has 5 heteroatoms. The van der Waals surface area contributed by atoms with E-state index in [-0.39, 0.29) is 22.4 Å². The lowest BCUT2D eigenvalue weighted by Gasteiger charge is -2.08. The molecular formula is C10H11Cl2NO2. The van der Waals surface area contributed by atoms with E-state index >= 15 is 0 Å². The molecule has 0 atom stereocenters. The lowest BCUT2D eigenvalue weighted by Crippen LogP contribution is -2.10. The number of hydrogen-bond donors (Lipinski definition) is 2. The number of phenolic OH excluding ortho intramolecular Hbond substituents is 1. The molecule has 0 saturated carbocycles. The molecule has 3 nitrogen and oxygen atoms in total. The van der Waals surface area contributed by atoms with Gasteiger partial charge in [0, 0.05) is 11.4 Å². The summed E-state index contributed by atoms with van der Waals surface area (Å²) in [5.41, 5.74) is 0.242. The summed E-state index contributed by atoms with van der Waals surface area (Å²) in [5, 5.41) is 12.6. The molecule has 15 heavy (non-hydrogen) atoms. The van der Waals surface area contributed by atoms with E-state index in [1.54, 1.807) is 0 Å². The molecule has 0 bridgehead atoms. The number of anilines is 1. The SMILES string of the molecule is CCCC(=O)Nc1cc(Cl)cc(Cl)c1O. The van der Waals surface area contributed by atoms with Crippen molar-refractivity contribution in [3.63, 3.8) is 0 Å². The van der Waals surface area contributed by atoms with Gasteiger partial charge < -0.3 is 10.4 Å². The van der Waals surface area contributed by atoms with Crippen LogP contribution in [0.25, 0.3) is 0 Å². The van der Waals surface area contributed by atoms with Crippen molar-refractivity contribution in [2.45, 2.75) is 19.8 Å². The molecule has 0 fully saturated rings. The van der Waals surface area contributed by atoms with Crippen molar-refractivity contribution >= 4 is 34.8 Å². The van der Waals surface area contributed by atoms with Gasteiger partial charge in [-0.3, -0.25) is 4.79 Å². The van der Waals surface area contributed by atoms with E-state index < -0.39 is 0 Å². The van der Waals surface area contributed by atoms with Crippen LogP contribution in [-0.2, 0) is 4.79 Å². The summed E-state index contributed by atoms with van der Waals surface area (Å²) in [7, 11) is 0. The molecule has 0 spiro atoms. The van der Waals surface area contributed by atoms with Gasteiger partial charge >= 0.3 is 0 Å². The van der Waals surface area contributed by atoms with Crippen LogP contribution >= 0.6 is 23.2 Å². The van der Waals surface area contributed by atoms with Crippen LogP contribution in [0.3, 0.4) is 0 Å². The summed E-state index contributed by atoms with van der Waals surface area (Å²) < 4.78 is 0. The highest BCUT2D eigenvalue weighted by Crippen LogP contribution is 2.34. The van der Waals surface area contributed by atoms with Gasteiger partial charge in [-0.2, -0.15) is 0 Å². The van der Waals surface area contributed by atoms with Crippen molar-refractivity contribution in [2.24, 2.45) is 0 Å². The number of amides is 1. The van der Waals surface area contributed by atoms with Crippen LogP contribution in [0.4, 0.5) is 5.69 Å². The Hall–Kier alpha value is -0.930. The molecular weight excluding hydrogens is 237 g/mol. The lowest BCUT2D eigenvalue weighted by atomic mass is 10.2. The molecule has 0 aromatic heterocycles. The number of nitrogens with one attached hydrogen (secondary N) is 1. The molecule has 0 saturated heterocycles. The van der Waals surface area contributed by atoms with Crippen LogP contribution in [0.15, 0.2) is 12.1 Å². The monoisotopic (exact) mass is 247 g/mol. The molecule has 0 radical (unpaired) electrons. The zero-order chi connectivity index (χ0) is 11.4. The molecule has 1 amide bonds. The first-order valence-corrected chi connectivity index (χ1v) is 5.28. The molecule has 1 aromatic carbocycles. The van der Waals surface area contributed by atoms with Crippen LogP contribution in [0, 0.1) is 0 Å². The van der Waals surface area contributed by atoms with Gasteiger partial charge in [-0.15, -0.1) is 0 Å². The Labute approximate surface area is 98.0 Å². The predicted molar refractivity (Wildman–Crippen MR) is 61.7 cm³/mol. The van der Waals surface area contributed by atoms with Gasteiger partial charge in [-0.05, 0) is 18.6 Å². The maximum Gasteiger partial charge on any atom is 0.224 e. The highest BCUT2D eigenvalue weighted by Gasteiger charge is 2.10. The zero-order valence-corrected chi connectivity index (χ0v) is 9.69. The van der Waals surface area contributed by atoms with Crippen molar-refractivity contribution < 1.29 is 9.90 Å². The van der Waals surface area contributed by atoms with Gasteiger partial charge in [-0.25, -0.2) is 0 Å². The van der Waals surface area contributed by atoms with E-state index in [0.29, 0.717) is 11.4 Å². The number of carbonyl (C=O) groups excluding carboxylic acids is 1. The number of rotatable bonds is 3. The zero-order valence-electron chi connectivity index (χ0n) is 8.18. The van der Waals surface area contributed by atoms with E-state index in [1.165, 1.54) is 12.1 Å². The highest BCUT2D eigenvalue weighted by molar-refractivity contribution is 6.36. The van der Waals surface area contributed by atoms with E-state index in [2.05, 4.69) is 5.32 Å².